The zero-order valence-electron chi connectivity index (χ0n) is 14.5. The molecule has 3 rings (SSSR count). The van der Waals surface area contributed by atoms with Gasteiger partial charge in [0.05, 0.1) is 19.1 Å². The first-order valence-electron chi connectivity index (χ1n) is 8.22. The molecule has 1 aromatic heterocycles. The van der Waals surface area contributed by atoms with E-state index in [1.807, 2.05) is 30.5 Å². The van der Waals surface area contributed by atoms with E-state index in [1.54, 1.807) is 25.6 Å². The van der Waals surface area contributed by atoms with E-state index in [2.05, 4.69) is 34.6 Å². The highest BCUT2D eigenvalue weighted by molar-refractivity contribution is 7.15. The highest BCUT2D eigenvalue weighted by Gasteiger charge is 2.11. The van der Waals surface area contributed by atoms with Crippen molar-refractivity contribution in [3.05, 3.63) is 65.3 Å². The molecular formula is C20H22N2O2S. The molecule has 25 heavy (non-hydrogen) atoms. The molecule has 0 aliphatic carbocycles. The summed E-state index contributed by atoms with van der Waals surface area (Å²) in [6.45, 7) is 1.71. The Morgan fingerprint density at radius 3 is 2.64 bits per heavy atom. The van der Waals surface area contributed by atoms with Crippen LogP contribution in [0.4, 0.5) is 0 Å². The van der Waals surface area contributed by atoms with Gasteiger partial charge in [-0.05, 0) is 30.7 Å². The van der Waals surface area contributed by atoms with E-state index in [9.17, 15) is 0 Å². The average molecular weight is 354 g/mol. The Kier molecular flexibility index (Phi) is 6.04. The molecule has 3 aromatic rings. The van der Waals surface area contributed by atoms with Gasteiger partial charge in [0.2, 0.25) is 0 Å². The van der Waals surface area contributed by atoms with Crippen molar-refractivity contribution in [3.8, 4) is 21.9 Å². The maximum absolute atomic E-state index is 5.48. The molecule has 1 N–H and O–H groups in total. The maximum atomic E-state index is 5.48. The minimum atomic E-state index is 0.774. The van der Waals surface area contributed by atoms with Crippen LogP contribution in [0.5, 0.6) is 11.5 Å². The molecule has 0 saturated heterocycles. The van der Waals surface area contributed by atoms with Gasteiger partial charge in [0.25, 0.3) is 0 Å². The molecule has 0 fully saturated rings. The molecule has 0 amide bonds. The number of hydrogen-bond donors (Lipinski definition) is 1. The van der Waals surface area contributed by atoms with Crippen molar-refractivity contribution in [1.29, 1.82) is 0 Å². The minimum absolute atomic E-state index is 0.774. The van der Waals surface area contributed by atoms with Gasteiger partial charge in [-0.25, -0.2) is 4.98 Å². The smallest absolute Gasteiger partial charge is 0.131 e. The van der Waals surface area contributed by atoms with Crippen LogP contribution in [0.15, 0.2) is 54.7 Å². The molecule has 2 aromatic carbocycles. The van der Waals surface area contributed by atoms with E-state index in [0.29, 0.717) is 0 Å². The number of thiazole rings is 1. The summed E-state index contributed by atoms with van der Waals surface area (Å²) < 4.78 is 10.7. The Balaban J connectivity index is 1.59. The van der Waals surface area contributed by atoms with Gasteiger partial charge in [-0.2, -0.15) is 0 Å². The van der Waals surface area contributed by atoms with Crippen molar-refractivity contribution in [2.24, 2.45) is 0 Å². The van der Waals surface area contributed by atoms with Crippen LogP contribution in [-0.4, -0.2) is 25.7 Å². The Hall–Kier alpha value is -2.37. The molecule has 0 saturated carbocycles. The molecule has 0 aliphatic heterocycles. The van der Waals surface area contributed by atoms with Crippen LogP contribution in [0.3, 0.4) is 0 Å². The third kappa shape index (κ3) is 4.59. The summed E-state index contributed by atoms with van der Waals surface area (Å²) in [5, 5.41) is 4.53. The summed E-state index contributed by atoms with van der Waals surface area (Å²) in [5.41, 5.74) is 2.38. The summed E-state index contributed by atoms with van der Waals surface area (Å²) in [6, 6.07) is 16.3. The van der Waals surface area contributed by atoms with Gasteiger partial charge in [0, 0.05) is 24.4 Å². The summed E-state index contributed by atoms with van der Waals surface area (Å²) in [7, 11) is 3.33. The highest BCUT2D eigenvalue weighted by Crippen LogP contribution is 2.36. The number of hydrogen-bond acceptors (Lipinski definition) is 5. The predicted molar refractivity (Wildman–Crippen MR) is 103 cm³/mol. The zero-order valence-corrected chi connectivity index (χ0v) is 15.3. The first kappa shape index (κ1) is 17.5. The molecule has 4 nitrogen and oxygen atoms in total. The molecule has 1 heterocycles. The van der Waals surface area contributed by atoms with E-state index in [4.69, 9.17) is 9.47 Å². The number of benzene rings is 2. The maximum Gasteiger partial charge on any atom is 0.131 e. The molecule has 0 atom stereocenters. The number of aromatic nitrogens is 1. The largest absolute Gasteiger partial charge is 0.497 e. The van der Waals surface area contributed by atoms with Crippen LogP contribution in [0.2, 0.25) is 0 Å². The van der Waals surface area contributed by atoms with Crippen molar-refractivity contribution < 1.29 is 9.47 Å². The summed E-state index contributed by atoms with van der Waals surface area (Å²) in [4.78, 5) is 5.62. The van der Waals surface area contributed by atoms with Crippen LogP contribution in [0.1, 0.15) is 10.6 Å². The summed E-state index contributed by atoms with van der Waals surface area (Å²) >= 11 is 1.68. The first-order valence-corrected chi connectivity index (χ1v) is 9.03. The zero-order chi connectivity index (χ0) is 17.5. The van der Waals surface area contributed by atoms with Crippen molar-refractivity contribution in [1.82, 2.24) is 10.3 Å². The molecule has 0 radical (unpaired) electrons. The SMILES string of the molecule is COc1ccc(-c2cnc(CNCCc3ccccc3)s2)c(OC)c1. The standard InChI is InChI=1S/C20H22N2O2S/c1-23-16-8-9-17(18(12-16)24-2)19-13-22-20(25-19)14-21-11-10-15-6-4-3-5-7-15/h3-9,12-13,21H,10-11,14H2,1-2H3. The number of methoxy groups -OCH3 is 2. The Morgan fingerprint density at radius 1 is 1.04 bits per heavy atom. The van der Waals surface area contributed by atoms with Crippen molar-refractivity contribution in [2.75, 3.05) is 20.8 Å². The molecule has 0 spiro atoms. The normalized spacial score (nSPS) is 10.6. The Labute approximate surface area is 152 Å². The van der Waals surface area contributed by atoms with Crippen LogP contribution in [0.25, 0.3) is 10.4 Å². The van der Waals surface area contributed by atoms with Gasteiger partial charge in [0.15, 0.2) is 0 Å². The third-order valence-electron chi connectivity index (χ3n) is 3.94. The number of nitrogens with one attached hydrogen (secondary N) is 1. The Morgan fingerprint density at radius 2 is 1.88 bits per heavy atom. The van der Waals surface area contributed by atoms with Crippen LogP contribution in [0, 0.1) is 0 Å². The minimum Gasteiger partial charge on any atom is -0.497 e. The van der Waals surface area contributed by atoms with Crippen molar-refractivity contribution >= 4 is 11.3 Å². The highest BCUT2D eigenvalue weighted by atomic mass is 32.1. The third-order valence-corrected chi connectivity index (χ3v) is 4.97. The quantitative estimate of drug-likeness (QED) is 0.617. The molecule has 0 bridgehead atoms. The molecule has 5 heteroatoms. The monoisotopic (exact) mass is 354 g/mol. The second kappa shape index (κ2) is 8.65. The van der Waals surface area contributed by atoms with E-state index in [1.165, 1.54) is 5.56 Å². The lowest BCUT2D eigenvalue weighted by Crippen LogP contribution is -2.16. The van der Waals surface area contributed by atoms with E-state index in [-0.39, 0.29) is 0 Å². The fourth-order valence-electron chi connectivity index (χ4n) is 2.59. The van der Waals surface area contributed by atoms with Gasteiger partial charge < -0.3 is 14.8 Å². The number of rotatable bonds is 8. The second-order valence-electron chi connectivity index (χ2n) is 5.60. The molecule has 130 valence electrons. The van der Waals surface area contributed by atoms with E-state index >= 15 is 0 Å². The molecule has 0 unspecified atom stereocenters. The van der Waals surface area contributed by atoms with Gasteiger partial charge in [-0.1, -0.05) is 30.3 Å². The number of ether oxygens (including phenoxy) is 2. The lowest BCUT2D eigenvalue weighted by atomic mass is 10.1. The van der Waals surface area contributed by atoms with Crippen molar-refractivity contribution in [2.45, 2.75) is 13.0 Å². The van der Waals surface area contributed by atoms with Gasteiger partial charge in [-0.15, -0.1) is 11.3 Å². The van der Waals surface area contributed by atoms with E-state index in [0.717, 1.165) is 46.5 Å². The van der Waals surface area contributed by atoms with E-state index < -0.39 is 0 Å². The van der Waals surface area contributed by atoms with Gasteiger partial charge >= 0.3 is 0 Å². The van der Waals surface area contributed by atoms with Crippen LogP contribution < -0.4 is 14.8 Å². The first-order chi connectivity index (χ1) is 12.3. The van der Waals surface area contributed by atoms with Crippen LogP contribution in [-0.2, 0) is 13.0 Å². The van der Waals surface area contributed by atoms with Crippen LogP contribution >= 0.6 is 11.3 Å². The fraction of sp³-hybridized carbons (Fsp3) is 0.250. The second-order valence-corrected chi connectivity index (χ2v) is 6.71. The number of nitrogens with zero attached hydrogens (tertiary/aromatic N) is 1. The predicted octanol–water partition coefficient (Wildman–Crippen LogP) is 4.16. The summed E-state index contributed by atoms with van der Waals surface area (Å²) in [6.07, 6.45) is 2.93. The topological polar surface area (TPSA) is 43.4 Å². The van der Waals surface area contributed by atoms with Gasteiger partial charge in [-0.3, -0.25) is 0 Å². The molecular weight excluding hydrogens is 332 g/mol. The lowest BCUT2D eigenvalue weighted by Gasteiger charge is -2.08. The summed E-state index contributed by atoms with van der Waals surface area (Å²) in [5.74, 6) is 1.58. The van der Waals surface area contributed by atoms with Crippen molar-refractivity contribution in [3.63, 3.8) is 0 Å². The van der Waals surface area contributed by atoms with Gasteiger partial charge in [0.1, 0.15) is 16.5 Å². The fourth-order valence-corrected chi connectivity index (χ4v) is 3.51. The Bertz CT molecular complexity index is 802. The molecule has 0 aliphatic rings. The lowest BCUT2D eigenvalue weighted by molar-refractivity contribution is 0.395. The average Bonchev–Trinajstić information content (AvgIpc) is 3.14.